The highest BCUT2D eigenvalue weighted by Gasteiger charge is 2.41. The van der Waals surface area contributed by atoms with Crippen LogP contribution in [0.4, 0.5) is 10.1 Å². The number of aliphatic imine (C=N–C) groups is 2. The number of thioether (sulfide) groups is 1. The number of hydrogen-bond acceptors (Lipinski definition) is 4. The number of benzene rings is 3. The number of hydrogen-bond donors (Lipinski definition) is 1. The van der Waals surface area contributed by atoms with Crippen molar-refractivity contribution in [3.8, 4) is 0 Å². The van der Waals surface area contributed by atoms with Crippen molar-refractivity contribution in [3.05, 3.63) is 102 Å². The molecule has 0 saturated heterocycles. The molecule has 7 heteroatoms. The summed E-state index contributed by atoms with van der Waals surface area (Å²) in [5.74, 6) is 0.776. The number of H-pyrrole nitrogens is 1. The molecule has 0 fully saturated rings. The second-order valence-electron chi connectivity index (χ2n) is 8.04. The maximum Gasteiger partial charge on any atom is 0.259 e. The normalized spacial score (nSPS) is 17.1. The smallest absolute Gasteiger partial charge is 0.259 e. The number of fused-ring (bicyclic) bond motifs is 4. The average molecular weight is 455 g/mol. The standard InChI is InChI=1S/C26H19FN4OS/c27-18-7-5-6-16(12-18)15-33-26-30-22-11-4-2-9-20(22)24-29-23(25(32)31(24)26)13-17-14-28-21-10-3-1-8-19(17)21/h1-12,14,23,28H,13,15H2. The van der Waals surface area contributed by atoms with E-state index in [4.69, 9.17) is 9.98 Å². The van der Waals surface area contributed by atoms with Crippen LogP contribution in [0.2, 0.25) is 0 Å². The molecule has 0 radical (unpaired) electrons. The van der Waals surface area contributed by atoms with Gasteiger partial charge in [0.25, 0.3) is 5.91 Å². The lowest BCUT2D eigenvalue weighted by Crippen LogP contribution is -2.41. The maximum atomic E-state index is 13.6. The second kappa shape index (κ2) is 8.01. The van der Waals surface area contributed by atoms with E-state index in [9.17, 15) is 9.18 Å². The highest BCUT2D eigenvalue weighted by molar-refractivity contribution is 8.13. The minimum absolute atomic E-state index is 0.0877. The van der Waals surface area contributed by atoms with E-state index >= 15 is 0 Å². The Hall–Kier alpha value is -3.71. The maximum absolute atomic E-state index is 13.6. The lowest BCUT2D eigenvalue weighted by atomic mass is 10.1. The summed E-state index contributed by atoms with van der Waals surface area (Å²) in [6.07, 6.45) is 2.46. The topological polar surface area (TPSA) is 60.8 Å². The zero-order valence-electron chi connectivity index (χ0n) is 17.5. The fourth-order valence-electron chi connectivity index (χ4n) is 4.32. The van der Waals surface area contributed by atoms with E-state index in [1.165, 1.54) is 23.9 Å². The molecule has 0 spiro atoms. The lowest BCUT2D eigenvalue weighted by Gasteiger charge is -2.25. The third-order valence-electron chi connectivity index (χ3n) is 5.89. The first-order valence-corrected chi connectivity index (χ1v) is 11.7. The molecule has 3 heterocycles. The van der Waals surface area contributed by atoms with E-state index in [0.717, 1.165) is 33.3 Å². The molecule has 162 valence electrons. The van der Waals surface area contributed by atoms with Crippen molar-refractivity contribution < 1.29 is 9.18 Å². The summed E-state index contributed by atoms with van der Waals surface area (Å²) in [6.45, 7) is 0. The van der Waals surface area contributed by atoms with Crippen molar-refractivity contribution in [2.45, 2.75) is 18.2 Å². The molecule has 6 rings (SSSR count). The van der Waals surface area contributed by atoms with Gasteiger partial charge < -0.3 is 4.98 Å². The fraction of sp³-hybridized carbons (Fsp3) is 0.115. The molecule has 4 aromatic rings. The van der Waals surface area contributed by atoms with Crippen LogP contribution < -0.4 is 0 Å². The number of amidine groups is 2. The molecule has 33 heavy (non-hydrogen) atoms. The van der Waals surface area contributed by atoms with Gasteiger partial charge >= 0.3 is 0 Å². The molecule has 1 amide bonds. The molecule has 0 saturated carbocycles. The molecule has 5 nitrogen and oxygen atoms in total. The van der Waals surface area contributed by atoms with Crippen molar-refractivity contribution in [2.24, 2.45) is 9.98 Å². The van der Waals surface area contributed by atoms with Gasteiger partial charge in [-0.2, -0.15) is 0 Å². The SMILES string of the molecule is O=C1C(Cc2c[nH]c3ccccc23)N=C2c3ccccc3N=C(SCc3cccc(F)c3)N12. The van der Waals surface area contributed by atoms with Gasteiger partial charge in [0.15, 0.2) is 5.17 Å². The number of halogens is 1. The summed E-state index contributed by atoms with van der Waals surface area (Å²) in [4.78, 5) is 28.1. The third kappa shape index (κ3) is 3.54. The zero-order valence-corrected chi connectivity index (χ0v) is 18.3. The zero-order chi connectivity index (χ0) is 22.4. The Morgan fingerprint density at radius 3 is 2.79 bits per heavy atom. The molecular weight excluding hydrogens is 435 g/mol. The van der Waals surface area contributed by atoms with E-state index in [1.54, 1.807) is 11.0 Å². The van der Waals surface area contributed by atoms with E-state index < -0.39 is 6.04 Å². The molecule has 1 N–H and O–H groups in total. The van der Waals surface area contributed by atoms with E-state index in [2.05, 4.69) is 11.1 Å². The number of aromatic amines is 1. The largest absolute Gasteiger partial charge is 0.361 e. The van der Waals surface area contributed by atoms with Crippen LogP contribution in [0.1, 0.15) is 16.7 Å². The number of nitrogens with zero attached hydrogens (tertiary/aromatic N) is 3. The molecule has 1 aromatic heterocycles. The number of aromatic nitrogens is 1. The third-order valence-corrected chi connectivity index (χ3v) is 6.90. The molecule has 0 aliphatic carbocycles. The van der Waals surface area contributed by atoms with Crippen LogP contribution >= 0.6 is 11.8 Å². The Labute approximate surface area is 194 Å². The van der Waals surface area contributed by atoms with E-state index in [0.29, 0.717) is 23.2 Å². The number of amides is 1. The van der Waals surface area contributed by atoms with Gasteiger partial charge in [-0.25, -0.2) is 14.3 Å². The van der Waals surface area contributed by atoms with Crippen LogP contribution in [0.5, 0.6) is 0 Å². The van der Waals surface area contributed by atoms with Gasteiger partial charge in [-0.05, 0) is 41.5 Å². The van der Waals surface area contributed by atoms with Crippen LogP contribution in [0, 0.1) is 5.82 Å². The first kappa shape index (κ1) is 19.9. The van der Waals surface area contributed by atoms with Gasteiger partial charge in [0.2, 0.25) is 0 Å². The van der Waals surface area contributed by atoms with Crippen molar-refractivity contribution in [2.75, 3.05) is 0 Å². The van der Waals surface area contributed by atoms with Gasteiger partial charge in [-0.3, -0.25) is 9.79 Å². The summed E-state index contributed by atoms with van der Waals surface area (Å²) in [7, 11) is 0. The molecule has 1 atom stereocenters. The number of para-hydroxylation sites is 2. The fourth-order valence-corrected chi connectivity index (χ4v) is 5.26. The van der Waals surface area contributed by atoms with Crippen LogP contribution in [-0.2, 0) is 17.0 Å². The van der Waals surface area contributed by atoms with Crippen molar-refractivity contribution in [3.63, 3.8) is 0 Å². The second-order valence-corrected chi connectivity index (χ2v) is 8.98. The monoisotopic (exact) mass is 454 g/mol. The minimum Gasteiger partial charge on any atom is -0.361 e. The first-order valence-electron chi connectivity index (χ1n) is 10.7. The Bertz CT molecular complexity index is 1460. The van der Waals surface area contributed by atoms with Crippen LogP contribution in [-0.4, -0.2) is 32.8 Å². The molecular formula is C26H19FN4OS. The van der Waals surface area contributed by atoms with Gasteiger partial charge in [-0.15, -0.1) is 0 Å². The molecule has 0 bridgehead atoms. The summed E-state index contributed by atoms with van der Waals surface area (Å²) >= 11 is 1.42. The van der Waals surface area contributed by atoms with Gasteiger partial charge in [-0.1, -0.05) is 54.2 Å². The van der Waals surface area contributed by atoms with Crippen LogP contribution in [0.25, 0.3) is 10.9 Å². The van der Waals surface area contributed by atoms with E-state index in [1.807, 2.05) is 54.7 Å². The molecule has 3 aromatic carbocycles. The highest BCUT2D eigenvalue weighted by Crippen LogP contribution is 2.35. The summed E-state index contributed by atoms with van der Waals surface area (Å²) in [5.41, 5.74) is 4.58. The number of nitrogens with one attached hydrogen (secondary N) is 1. The Balaban J connectivity index is 1.33. The minimum atomic E-state index is -0.523. The van der Waals surface area contributed by atoms with Gasteiger partial charge in [0.1, 0.15) is 17.7 Å². The molecule has 2 aliphatic heterocycles. The first-order chi connectivity index (χ1) is 16.2. The predicted octanol–water partition coefficient (Wildman–Crippen LogP) is 5.44. The number of carbonyl (C=O) groups excluding carboxylic acids is 1. The van der Waals surface area contributed by atoms with Gasteiger partial charge in [0.05, 0.1) is 5.69 Å². The summed E-state index contributed by atoms with van der Waals surface area (Å²) < 4.78 is 13.6. The summed E-state index contributed by atoms with van der Waals surface area (Å²) in [5, 5.41) is 1.67. The number of rotatable bonds is 4. The number of carbonyl (C=O) groups is 1. The Morgan fingerprint density at radius 2 is 1.88 bits per heavy atom. The Kier molecular flexibility index (Phi) is 4.84. The predicted molar refractivity (Wildman–Crippen MR) is 130 cm³/mol. The van der Waals surface area contributed by atoms with Crippen molar-refractivity contribution in [1.29, 1.82) is 0 Å². The van der Waals surface area contributed by atoms with Crippen molar-refractivity contribution in [1.82, 2.24) is 9.88 Å². The quantitative estimate of drug-likeness (QED) is 0.446. The van der Waals surface area contributed by atoms with Crippen molar-refractivity contribution >= 4 is 45.3 Å². The molecule has 1 unspecified atom stereocenters. The summed E-state index contributed by atoms with van der Waals surface area (Å²) in [6, 6.07) is 21.7. The highest BCUT2D eigenvalue weighted by atomic mass is 32.2. The average Bonchev–Trinajstić information content (AvgIpc) is 3.39. The van der Waals surface area contributed by atoms with Crippen LogP contribution in [0.15, 0.2) is 89.0 Å². The lowest BCUT2D eigenvalue weighted by molar-refractivity contribution is -0.124. The Morgan fingerprint density at radius 1 is 1.03 bits per heavy atom. The van der Waals surface area contributed by atoms with Gasteiger partial charge in [0, 0.05) is 34.8 Å². The molecule has 2 aliphatic rings. The van der Waals surface area contributed by atoms with E-state index in [-0.39, 0.29) is 11.7 Å². The van der Waals surface area contributed by atoms with Crippen LogP contribution in [0.3, 0.4) is 0 Å².